The van der Waals surface area contributed by atoms with Gasteiger partial charge in [0, 0.05) is 0 Å². The minimum Gasteiger partial charge on any atom is -0.112 e. The second-order valence-corrected chi connectivity index (χ2v) is 4.87. The zero-order chi connectivity index (χ0) is 9.10. The molecule has 1 heteroatoms. The molecule has 13 heavy (non-hydrogen) atoms. The van der Waals surface area contributed by atoms with Crippen molar-refractivity contribution in [1.29, 1.82) is 0 Å². The van der Waals surface area contributed by atoms with Crippen molar-refractivity contribution in [3.63, 3.8) is 0 Å². The SMILES string of the molecule is CC1CC=C([B]C2CCCC2)CC1. The molecule has 0 N–H and O–H groups in total. The number of rotatable bonds is 2. The van der Waals surface area contributed by atoms with E-state index in [2.05, 4.69) is 20.3 Å². The van der Waals surface area contributed by atoms with Gasteiger partial charge in [-0.1, -0.05) is 44.5 Å². The Labute approximate surface area is 83.0 Å². The molecule has 0 heterocycles. The van der Waals surface area contributed by atoms with E-state index in [4.69, 9.17) is 0 Å². The van der Waals surface area contributed by atoms with Crippen molar-refractivity contribution < 1.29 is 0 Å². The van der Waals surface area contributed by atoms with Crippen molar-refractivity contribution >= 4 is 7.28 Å². The lowest BCUT2D eigenvalue weighted by atomic mass is 9.55. The topological polar surface area (TPSA) is 0 Å². The van der Waals surface area contributed by atoms with E-state index in [1.807, 2.05) is 0 Å². The molecule has 2 aliphatic rings. The van der Waals surface area contributed by atoms with Crippen LogP contribution in [0.4, 0.5) is 0 Å². The average molecular weight is 175 g/mol. The fourth-order valence-electron chi connectivity index (χ4n) is 2.56. The molecule has 0 bridgehead atoms. The second-order valence-electron chi connectivity index (χ2n) is 4.87. The van der Waals surface area contributed by atoms with E-state index in [0.717, 1.165) is 11.7 Å². The fourth-order valence-corrected chi connectivity index (χ4v) is 2.56. The van der Waals surface area contributed by atoms with E-state index in [-0.39, 0.29) is 0 Å². The second kappa shape index (κ2) is 4.35. The lowest BCUT2D eigenvalue weighted by Gasteiger charge is -2.19. The normalized spacial score (nSPS) is 30.2. The van der Waals surface area contributed by atoms with Crippen LogP contribution >= 0.6 is 0 Å². The Morgan fingerprint density at radius 1 is 1.23 bits per heavy atom. The van der Waals surface area contributed by atoms with Crippen molar-refractivity contribution in [2.75, 3.05) is 0 Å². The van der Waals surface area contributed by atoms with Crippen LogP contribution in [0.2, 0.25) is 5.82 Å². The van der Waals surface area contributed by atoms with E-state index < -0.39 is 0 Å². The van der Waals surface area contributed by atoms with Crippen LogP contribution in [0.1, 0.15) is 51.9 Å². The van der Waals surface area contributed by atoms with Gasteiger partial charge in [-0.3, -0.25) is 0 Å². The highest BCUT2D eigenvalue weighted by Crippen LogP contribution is 2.33. The summed E-state index contributed by atoms with van der Waals surface area (Å²) in [7, 11) is 2.57. The first-order valence-corrected chi connectivity index (χ1v) is 5.88. The molecule has 2 aliphatic carbocycles. The first-order chi connectivity index (χ1) is 6.34. The summed E-state index contributed by atoms with van der Waals surface area (Å²) in [5.74, 6) is 1.86. The van der Waals surface area contributed by atoms with Crippen molar-refractivity contribution in [3.05, 3.63) is 11.5 Å². The molecule has 1 fully saturated rings. The van der Waals surface area contributed by atoms with Crippen molar-refractivity contribution in [3.8, 4) is 0 Å². The van der Waals surface area contributed by atoms with Crippen molar-refractivity contribution in [2.45, 2.75) is 57.7 Å². The number of hydrogen-bond acceptors (Lipinski definition) is 0. The third-order valence-electron chi connectivity index (χ3n) is 3.56. The Morgan fingerprint density at radius 3 is 2.62 bits per heavy atom. The maximum Gasteiger partial charge on any atom is 0.148 e. The summed E-state index contributed by atoms with van der Waals surface area (Å²) in [6, 6.07) is 0. The van der Waals surface area contributed by atoms with Gasteiger partial charge in [0.2, 0.25) is 0 Å². The molecule has 2 rings (SSSR count). The predicted octanol–water partition coefficient (Wildman–Crippen LogP) is 3.76. The van der Waals surface area contributed by atoms with Gasteiger partial charge in [-0.25, -0.2) is 0 Å². The van der Waals surface area contributed by atoms with E-state index in [1.54, 1.807) is 5.47 Å². The Balaban J connectivity index is 1.80. The highest BCUT2D eigenvalue weighted by atomic mass is 14.1. The zero-order valence-electron chi connectivity index (χ0n) is 8.76. The summed E-state index contributed by atoms with van der Waals surface area (Å²) >= 11 is 0. The molecule has 0 aromatic rings. The summed E-state index contributed by atoms with van der Waals surface area (Å²) in [6.07, 6.45) is 12.4. The molecule has 1 unspecified atom stereocenters. The van der Waals surface area contributed by atoms with Crippen LogP contribution < -0.4 is 0 Å². The van der Waals surface area contributed by atoms with E-state index in [9.17, 15) is 0 Å². The third-order valence-corrected chi connectivity index (χ3v) is 3.56. The summed E-state index contributed by atoms with van der Waals surface area (Å²) < 4.78 is 0. The highest BCUT2D eigenvalue weighted by Gasteiger charge is 2.19. The van der Waals surface area contributed by atoms with Crippen LogP contribution in [0.5, 0.6) is 0 Å². The van der Waals surface area contributed by atoms with Crippen molar-refractivity contribution in [1.82, 2.24) is 0 Å². The molecule has 1 radical (unpaired) electrons. The van der Waals surface area contributed by atoms with Gasteiger partial charge < -0.3 is 0 Å². The molecule has 0 saturated heterocycles. The minimum atomic E-state index is 0.930. The van der Waals surface area contributed by atoms with Gasteiger partial charge in [0.25, 0.3) is 0 Å². The van der Waals surface area contributed by atoms with Crippen LogP contribution in [-0.2, 0) is 0 Å². The maximum atomic E-state index is 2.57. The Bertz CT molecular complexity index is 189. The molecular formula is C12H20B. The van der Waals surface area contributed by atoms with Gasteiger partial charge in [-0.05, 0) is 25.2 Å². The zero-order valence-corrected chi connectivity index (χ0v) is 8.76. The van der Waals surface area contributed by atoms with Gasteiger partial charge in [0.1, 0.15) is 7.28 Å². The first-order valence-electron chi connectivity index (χ1n) is 5.88. The molecule has 0 amide bonds. The highest BCUT2D eigenvalue weighted by molar-refractivity contribution is 6.47. The van der Waals surface area contributed by atoms with E-state index in [0.29, 0.717) is 0 Å². The summed E-state index contributed by atoms with van der Waals surface area (Å²) in [4.78, 5) is 0. The number of hydrogen-bond donors (Lipinski definition) is 0. The quantitative estimate of drug-likeness (QED) is 0.560. The maximum absolute atomic E-state index is 2.57. The van der Waals surface area contributed by atoms with Gasteiger partial charge in [-0.15, -0.1) is 5.47 Å². The summed E-state index contributed by atoms with van der Waals surface area (Å²) in [5.41, 5.74) is 1.66. The molecule has 71 valence electrons. The molecule has 0 nitrogen and oxygen atoms in total. The molecule has 1 atom stereocenters. The van der Waals surface area contributed by atoms with Crippen molar-refractivity contribution in [2.24, 2.45) is 5.92 Å². The molecule has 0 spiro atoms. The fraction of sp³-hybridized carbons (Fsp3) is 0.833. The Morgan fingerprint density at radius 2 is 2.00 bits per heavy atom. The van der Waals surface area contributed by atoms with Crippen LogP contribution in [0.25, 0.3) is 0 Å². The van der Waals surface area contributed by atoms with Gasteiger partial charge in [-0.2, -0.15) is 0 Å². The van der Waals surface area contributed by atoms with Crippen LogP contribution in [0.15, 0.2) is 11.5 Å². The molecule has 0 aromatic heterocycles. The third kappa shape index (κ3) is 2.62. The largest absolute Gasteiger partial charge is 0.148 e. The Kier molecular flexibility index (Phi) is 3.13. The smallest absolute Gasteiger partial charge is 0.112 e. The average Bonchev–Trinajstić information content (AvgIpc) is 2.62. The molecule has 0 aliphatic heterocycles. The lowest BCUT2D eigenvalue weighted by Crippen LogP contribution is -2.09. The standard InChI is InChI=1S/C12H20B/c1-10-6-8-12(9-7-10)13-11-4-2-3-5-11/h8,10-11H,2-7,9H2,1H3. The van der Waals surface area contributed by atoms with Gasteiger partial charge in [0.05, 0.1) is 0 Å². The van der Waals surface area contributed by atoms with Gasteiger partial charge >= 0.3 is 0 Å². The lowest BCUT2D eigenvalue weighted by molar-refractivity contribution is 0.521. The van der Waals surface area contributed by atoms with Gasteiger partial charge in [0.15, 0.2) is 0 Å². The van der Waals surface area contributed by atoms with Crippen LogP contribution in [0.3, 0.4) is 0 Å². The number of allylic oxidation sites excluding steroid dienone is 2. The van der Waals surface area contributed by atoms with E-state index >= 15 is 0 Å². The summed E-state index contributed by atoms with van der Waals surface area (Å²) in [6.45, 7) is 2.36. The van der Waals surface area contributed by atoms with Crippen LogP contribution in [-0.4, -0.2) is 7.28 Å². The monoisotopic (exact) mass is 175 g/mol. The minimum absolute atomic E-state index is 0.930. The predicted molar refractivity (Wildman–Crippen MR) is 59.1 cm³/mol. The first kappa shape index (κ1) is 9.36. The van der Waals surface area contributed by atoms with E-state index in [1.165, 1.54) is 44.9 Å². The molecule has 0 aromatic carbocycles. The van der Waals surface area contributed by atoms with Crippen LogP contribution in [0, 0.1) is 5.92 Å². The summed E-state index contributed by atoms with van der Waals surface area (Å²) in [5, 5.41) is 0. The molecule has 1 saturated carbocycles. The molecular weight excluding hydrogens is 155 g/mol. The Hall–Kier alpha value is -0.195.